The van der Waals surface area contributed by atoms with E-state index in [9.17, 15) is 0 Å². The number of hydrogen-bond acceptors (Lipinski definition) is 4. The van der Waals surface area contributed by atoms with Gasteiger partial charge >= 0.3 is 0 Å². The second-order valence-corrected chi connectivity index (χ2v) is 5.04. The van der Waals surface area contributed by atoms with Gasteiger partial charge in [-0.05, 0) is 18.1 Å². The molecular weight excluding hydrogens is 266 g/mol. The lowest BCUT2D eigenvalue weighted by Gasteiger charge is -2.10. The highest BCUT2D eigenvalue weighted by molar-refractivity contribution is 5.18. The van der Waals surface area contributed by atoms with Crippen LogP contribution in [0.25, 0.3) is 0 Å². The highest BCUT2D eigenvalue weighted by Crippen LogP contribution is 2.14. The van der Waals surface area contributed by atoms with E-state index in [-0.39, 0.29) is 6.10 Å². The minimum absolute atomic E-state index is 0.195. The topological polar surface area (TPSA) is 40.6 Å². The van der Waals surface area contributed by atoms with E-state index in [1.165, 1.54) is 0 Å². The quantitative estimate of drug-likeness (QED) is 0.818. The molecule has 0 radical (unpaired) electrons. The van der Waals surface area contributed by atoms with Crippen molar-refractivity contribution in [3.63, 3.8) is 0 Å². The molecule has 110 valence electrons. The zero-order valence-electron chi connectivity index (χ0n) is 11.9. The molecule has 1 saturated heterocycles. The molecule has 0 saturated carbocycles. The van der Waals surface area contributed by atoms with Crippen molar-refractivity contribution in [3.8, 4) is 5.88 Å². The van der Waals surface area contributed by atoms with E-state index in [4.69, 9.17) is 14.2 Å². The molecule has 4 nitrogen and oxygen atoms in total. The van der Waals surface area contributed by atoms with Gasteiger partial charge in [-0.25, -0.2) is 4.98 Å². The van der Waals surface area contributed by atoms with Crippen molar-refractivity contribution in [1.82, 2.24) is 4.98 Å². The first-order chi connectivity index (χ1) is 10.4. The summed E-state index contributed by atoms with van der Waals surface area (Å²) in [5, 5.41) is 0. The maximum absolute atomic E-state index is 5.76. The lowest BCUT2D eigenvalue weighted by atomic mass is 10.2. The summed E-state index contributed by atoms with van der Waals surface area (Å²) in [7, 11) is 0. The minimum Gasteiger partial charge on any atom is -0.473 e. The number of nitrogens with zero attached hydrogens (tertiary/aromatic N) is 1. The average Bonchev–Trinajstić information content (AvgIpc) is 3.06. The van der Waals surface area contributed by atoms with E-state index < -0.39 is 0 Å². The molecule has 1 atom stereocenters. The monoisotopic (exact) mass is 285 g/mol. The summed E-state index contributed by atoms with van der Waals surface area (Å²) in [5.74, 6) is 0.627. The smallest absolute Gasteiger partial charge is 0.213 e. The first-order valence-corrected chi connectivity index (χ1v) is 7.22. The Kier molecular flexibility index (Phi) is 4.82. The fourth-order valence-electron chi connectivity index (χ4n) is 2.20. The Morgan fingerprint density at radius 3 is 2.76 bits per heavy atom. The molecule has 0 N–H and O–H groups in total. The summed E-state index contributed by atoms with van der Waals surface area (Å²) in [6.07, 6.45) is 1.16. The van der Waals surface area contributed by atoms with Crippen molar-refractivity contribution < 1.29 is 14.2 Å². The van der Waals surface area contributed by atoms with Crippen LogP contribution in [-0.2, 0) is 22.7 Å². The van der Waals surface area contributed by atoms with Gasteiger partial charge < -0.3 is 14.2 Å². The van der Waals surface area contributed by atoms with Gasteiger partial charge in [0.25, 0.3) is 0 Å². The molecule has 0 aliphatic carbocycles. The fraction of sp³-hybridized carbons (Fsp3) is 0.353. The van der Waals surface area contributed by atoms with E-state index in [0.717, 1.165) is 24.3 Å². The van der Waals surface area contributed by atoms with E-state index in [2.05, 4.69) is 4.98 Å². The first kappa shape index (κ1) is 14.0. The molecule has 0 amide bonds. The number of rotatable bonds is 6. The maximum atomic E-state index is 5.76. The highest BCUT2D eigenvalue weighted by atomic mass is 16.5. The van der Waals surface area contributed by atoms with E-state index in [1.807, 2.05) is 48.5 Å². The van der Waals surface area contributed by atoms with Gasteiger partial charge in [0.15, 0.2) is 0 Å². The molecule has 2 heterocycles. The van der Waals surface area contributed by atoms with Gasteiger partial charge in [0, 0.05) is 12.7 Å². The van der Waals surface area contributed by atoms with Gasteiger partial charge in [-0.1, -0.05) is 36.4 Å². The molecule has 4 heteroatoms. The fourth-order valence-corrected chi connectivity index (χ4v) is 2.20. The molecular formula is C17H19NO3. The largest absolute Gasteiger partial charge is 0.473 e. The standard InChI is InChI=1S/C17H19NO3/c1-2-5-14(6-3-1)11-21-17-8-4-7-15(18-17)12-20-16-9-10-19-13-16/h1-8,16H,9-13H2. The Morgan fingerprint density at radius 1 is 1.05 bits per heavy atom. The highest BCUT2D eigenvalue weighted by Gasteiger charge is 2.16. The van der Waals surface area contributed by atoms with Gasteiger partial charge in [0.2, 0.25) is 5.88 Å². The zero-order chi connectivity index (χ0) is 14.3. The molecule has 1 aliphatic heterocycles. The normalized spacial score (nSPS) is 17.8. The summed E-state index contributed by atoms with van der Waals surface area (Å²) in [5.41, 5.74) is 2.01. The number of ether oxygens (including phenoxy) is 3. The van der Waals surface area contributed by atoms with Crippen LogP contribution >= 0.6 is 0 Å². The van der Waals surface area contributed by atoms with Crippen LogP contribution < -0.4 is 4.74 Å². The Bertz CT molecular complexity index is 553. The summed E-state index contributed by atoms with van der Waals surface area (Å²) < 4.78 is 16.8. The van der Waals surface area contributed by atoms with Gasteiger partial charge in [-0.3, -0.25) is 0 Å². The van der Waals surface area contributed by atoms with Crippen molar-refractivity contribution in [2.45, 2.75) is 25.7 Å². The summed E-state index contributed by atoms with van der Waals surface area (Å²) >= 11 is 0. The van der Waals surface area contributed by atoms with Gasteiger partial charge in [-0.15, -0.1) is 0 Å². The number of hydrogen-bond donors (Lipinski definition) is 0. The van der Waals surface area contributed by atoms with Crippen LogP contribution in [0.15, 0.2) is 48.5 Å². The summed E-state index contributed by atoms with van der Waals surface area (Å²) in [4.78, 5) is 4.46. The third-order valence-electron chi connectivity index (χ3n) is 3.37. The van der Waals surface area contributed by atoms with Crippen LogP contribution in [-0.4, -0.2) is 24.3 Å². The Morgan fingerprint density at radius 2 is 1.95 bits per heavy atom. The Balaban J connectivity index is 1.52. The molecule has 1 aliphatic rings. The first-order valence-electron chi connectivity index (χ1n) is 7.22. The Hall–Kier alpha value is -1.91. The third-order valence-corrected chi connectivity index (χ3v) is 3.37. The maximum Gasteiger partial charge on any atom is 0.213 e. The molecule has 1 aromatic heterocycles. The van der Waals surface area contributed by atoms with Crippen molar-refractivity contribution in [2.75, 3.05) is 13.2 Å². The predicted molar refractivity (Wildman–Crippen MR) is 79.0 cm³/mol. The van der Waals surface area contributed by atoms with Crippen molar-refractivity contribution in [3.05, 3.63) is 59.8 Å². The van der Waals surface area contributed by atoms with Crippen molar-refractivity contribution in [1.29, 1.82) is 0 Å². The predicted octanol–water partition coefficient (Wildman–Crippen LogP) is 2.97. The molecule has 0 spiro atoms. The molecule has 1 unspecified atom stereocenters. The minimum atomic E-state index is 0.195. The van der Waals surface area contributed by atoms with E-state index in [1.54, 1.807) is 0 Å². The lowest BCUT2D eigenvalue weighted by Crippen LogP contribution is -2.12. The second kappa shape index (κ2) is 7.20. The number of benzene rings is 1. The van der Waals surface area contributed by atoms with Crippen LogP contribution in [0.3, 0.4) is 0 Å². The molecule has 3 rings (SSSR count). The van der Waals surface area contributed by atoms with Crippen LogP contribution in [0, 0.1) is 0 Å². The van der Waals surface area contributed by atoms with Crippen LogP contribution in [0.1, 0.15) is 17.7 Å². The molecule has 1 aromatic carbocycles. The van der Waals surface area contributed by atoms with Crippen molar-refractivity contribution in [2.24, 2.45) is 0 Å². The van der Waals surface area contributed by atoms with Gasteiger partial charge in [0.05, 0.1) is 25.0 Å². The third kappa shape index (κ3) is 4.28. The second-order valence-electron chi connectivity index (χ2n) is 5.04. The lowest BCUT2D eigenvalue weighted by molar-refractivity contribution is 0.0299. The molecule has 21 heavy (non-hydrogen) atoms. The SMILES string of the molecule is c1ccc(COc2cccc(COC3CCOC3)n2)cc1. The molecule has 2 aromatic rings. The Labute approximate surface area is 124 Å². The number of aromatic nitrogens is 1. The summed E-state index contributed by atoms with van der Waals surface area (Å²) in [6.45, 7) is 2.49. The molecule has 0 bridgehead atoms. The van der Waals surface area contributed by atoms with Gasteiger partial charge in [0.1, 0.15) is 6.61 Å². The van der Waals surface area contributed by atoms with Crippen molar-refractivity contribution >= 4 is 0 Å². The van der Waals surface area contributed by atoms with E-state index in [0.29, 0.717) is 25.7 Å². The van der Waals surface area contributed by atoms with Crippen LogP contribution in [0.5, 0.6) is 5.88 Å². The average molecular weight is 285 g/mol. The van der Waals surface area contributed by atoms with Crippen LogP contribution in [0.2, 0.25) is 0 Å². The molecule has 1 fully saturated rings. The van der Waals surface area contributed by atoms with Gasteiger partial charge in [-0.2, -0.15) is 0 Å². The van der Waals surface area contributed by atoms with E-state index >= 15 is 0 Å². The summed E-state index contributed by atoms with van der Waals surface area (Å²) in [6, 6.07) is 15.8. The van der Waals surface area contributed by atoms with Crippen LogP contribution in [0.4, 0.5) is 0 Å². The zero-order valence-corrected chi connectivity index (χ0v) is 11.9. The number of pyridine rings is 1.